The molecule has 0 radical (unpaired) electrons. The van der Waals surface area contributed by atoms with Crippen LogP contribution in [-0.4, -0.2) is 27.7 Å². The summed E-state index contributed by atoms with van der Waals surface area (Å²) in [5.41, 5.74) is 1.04. The van der Waals surface area contributed by atoms with Crippen LogP contribution in [0.25, 0.3) is 0 Å². The fraction of sp³-hybridized carbons (Fsp3) is 0.900. The Morgan fingerprint density at radius 3 is 2.64 bits per heavy atom. The van der Waals surface area contributed by atoms with Gasteiger partial charge in [0.05, 0.1) is 18.4 Å². The molecule has 0 aliphatic carbocycles. The van der Waals surface area contributed by atoms with E-state index >= 15 is 0 Å². The summed E-state index contributed by atoms with van der Waals surface area (Å²) in [5.74, 6) is 0. The molecule has 0 aromatic heterocycles. The second-order valence-corrected chi connectivity index (χ2v) is 6.56. The third kappa shape index (κ3) is 3.59. The molecule has 0 bridgehead atoms. The predicted molar refractivity (Wildman–Crippen MR) is 60.0 cm³/mol. The largest absolute Gasteiger partial charge is 0.591 e. The maximum atomic E-state index is 11.7. The summed E-state index contributed by atoms with van der Waals surface area (Å²) in [4.78, 5) is 0. The summed E-state index contributed by atoms with van der Waals surface area (Å²) in [5, 5.41) is 0. The van der Waals surface area contributed by atoms with Gasteiger partial charge in [-0.2, -0.15) is 0 Å². The lowest BCUT2D eigenvalue weighted by molar-refractivity contribution is 0.0635. The molecule has 1 aliphatic rings. The van der Waals surface area contributed by atoms with Crippen LogP contribution in [0.3, 0.4) is 0 Å². The predicted octanol–water partition coefficient (Wildman–Crippen LogP) is 2.09. The van der Waals surface area contributed by atoms with E-state index in [-0.39, 0.29) is 10.9 Å². The molecule has 0 aromatic rings. The molecular formula is C10H19NO2S. The van der Waals surface area contributed by atoms with Crippen molar-refractivity contribution in [2.75, 3.05) is 6.61 Å². The first-order chi connectivity index (χ1) is 6.39. The third-order valence-corrected chi connectivity index (χ3v) is 3.52. The van der Waals surface area contributed by atoms with Crippen molar-refractivity contribution in [2.45, 2.75) is 51.4 Å². The first-order valence-corrected chi connectivity index (χ1v) is 6.10. The van der Waals surface area contributed by atoms with E-state index in [0.717, 1.165) is 18.6 Å². The van der Waals surface area contributed by atoms with Crippen LogP contribution in [0.5, 0.6) is 0 Å². The summed E-state index contributed by atoms with van der Waals surface area (Å²) in [6.45, 7) is 8.55. The minimum atomic E-state index is -1.12. The van der Waals surface area contributed by atoms with Crippen LogP contribution < -0.4 is 0 Å². The van der Waals surface area contributed by atoms with Gasteiger partial charge >= 0.3 is 0 Å². The van der Waals surface area contributed by atoms with Gasteiger partial charge in [0.25, 0.3) is 0 Å². The Bertz CT molecular complexity index is 223. The molecule has 0 amide bonds. The fourth-order valence-corrected chi connectivity index (χ4v) is 1.88. The normalized spacial score (nSPS) is 29.2. The lowest BCUT2D eigenvalue weighted by Crippen LogP contribution is -2.29. The summed E-state index contributed by atoms with van der Waals surface area (Å²) in [6.07, 6.45) is 1.87. The van der Waals surface area contributed by atoms with E-state index in [1.54, 1.807) is 0 Å². The van der Waals surface area contributed by atoms with E-state index in [2.05, 4.69) is 4.40 Å². The molecule has 1 saturated heterocycles. The Kier molecular flexibility index (Phi) is 3.98. The first-order valence-electron chi connectivity index (χ1n) is 4.99. The Labute approximate surface area is 89.3 Å². The Balaban J connectivity index is 2.58. The van der Waals surface area contributed by atoms with Gasteiger partial charge in [0, 0.05) is 12.8 Å². The second-order valence-electron chi connectivity index (χ2n) is 4.65. The van der Waals surface area contributed by atoms with Crippen LogP contribution in [0.1, 0.15) is 40.5 Å². The summed E-state index contributed by atoms with van der Waals surface area (Å²) < 4.78 is 21.1. The van der Waals surface area contributed by atoms with Crippen LogP contribution >= 0.6 is 0 Å². The minimum Gasteiger partial charge on any atom is -0.591 e. The molecule has 0 spiro atoms. The topological polar surface area (TPSA) is 44.7 Å². The van der Waals surface area contributed by atoms with Gasteiger partial charge < -0.3 is 9.29 Å². The van der Waals surface area contributed by atoms with Gasteiger partial charge in [-0.15, -0.1) is 0 Å². The molecule has 1 rings (SSSR count). The quantitative estimate of drug-likeness (QED) is 0.631. The summed E-state index contributed by atoms with van der Waals surface area (Å²) in [6, 6.07) is 0. The molecule has 0 saturated carbocycles. The highest BCUT2D eigenvalue weighted by Crippen LogP contribution is 2.20. The van der Waals surface area contributed by atoms with Crippen molar-refractivity contribution in [3.63, 3.8) is 0 Å². The molecule has 4 heteroatoms. The number of hydrogen-bond acceptors (Lipinski definition) is 3. The SMILES string of the molecule is CC1C/C(=N\[S+]([O-])C(C)(C)C)CCO1. The van der Waals surface area contributed by atoms with Gasteiger partial charge in [-0.25, -0.2) is 0 Å². The van der Waals surface area contributed by atoms with Gasteiger partial charge in [0.1, 0.15) is 16.1 Å². The Hall–Kier alpha value is -0.0600. The van der Waals surface area contributed by atoms with Gasteiger partial charge in [0.2, 0.25) is 0 Å². The van der Waals surface area contributed by atoms with Gasteiger partial charge in [-0.05, 0) is 27.7 Å². The molecule has 2 unspecified atom stereocenters. The average Bonchev–Trinajstić information content (AvgIpc) is 2.02. The maximum absolute atomic E-state index is 11.7. The lowest BCUT2D eigenvalue weighted by Gasteiger charge is -2.23. The van der Waals surface area contributed by atoms with Gasteiger partial charge in [-0.1, -0.05) is 4.40 Å². The van der Waals surface area contributed by atoms with Crippen LogP contribution in [0.4, 0.5) is 0 Å². The van der Waals surface area contributed by atoms with Crippen molar-refractivity contribution in [3.05, 3.63) is 0 Å². The second kappa shape index (κ2) is 4.64. The summed E-state index contributed by atoms with van der Waals surface area (Å²) >= 11 is -1.12. The highest BCUT2D eigenvalue weighted by atomic mass is 32.2. The number of ether oxygens (including phenoxy) is 1. The number of hydrogen-bond donors (Lipinski definition) is 0. The lowest BCUT2D eigenvalue weighted by atomic mass is 10.1. The van der Waals surface area contributed by atoms with Crippen LogP contribution in [-0.2, 0) is 16.1 Å². The van der Waals surface area contributed by atoms with Crippen LogP contribution in [0.2, 0.25) is 0 Å². The molecule has 82 valence electrons. The molecule has 2 atom stereocenters. The van der Waals surface area contributed by atoms with Crippen molar-refractivity contribution in [1.82, 2.24) is 0 Å². The van der Waals surface area contributed by atoms with E-state index < -0.39 is 11.4 Å². The average molecular weight is 217 g/mol. The molecule has 1 heterocycles. The third-order valence-electron chi connectivity index (χ3n) is 2.05. The molecule has 14 heavy (non-hydrogen) atoms. The molecule has 3 nitrogen and oxygen atoms in total. The van der Waals surface area contributed by atoms with Crippen molar-refractivity contribution >= 4 is 17.1 Å². The zero-order valence-electron chi connectivity index (χ0n) is 9.37. The minimum absolute atomic E-state index is 0.222. The smallest absolute Gasteiger partial charge is 0.144 e. The van der Waals surface area contributed by atoms with Crippen molar-refractivity contribution < 1.29 is 9.29 Å². The molecular weight excluding hydrogens is 198 g/mol. The molecule has 1 aliphatic heterocycles. The fourth-order valence-electron chi connectivity index (χ4n) is 1.21. The van der Waals surface area contributed by atoms with E-state index in [9.17, 15) is 4.55 Å². The van der Waals surface area contributed by atoms with Gasteiger partial charge in [-0.3, -0.25) is 0 Å². The number of nitrogens with zero attached hydrogens (tertiary/aromatic N) is 1. The highest BCUT2D eigenvalue weighted by Gasteiger charge is 2.28. The van der Waals surface area contributed by atoms with E-state index in [1.807, 2.05) is 27.7 Å². The monoisotopic (exact) mass is 217 g/mol. The zero-order valence-corrected chi connectivity index (χ0v) is 10.2. The van der Waals surface area contributed by atoms with E-state index in [1.165, 1.54) is 0 Å². The maximum Gasteiger partial charge on any atom is 0.144 e. The Morgan fingerprint density at radius 1 is 1.50 bits per heavy atom. The van der Waals surface area contributed by atoms with Crippen LogP contribution in [0.15, 0.2) is 4.40 Å². The van der Waals surface area contributed by atoms with Crippen molar-refractivity contribution in [3.8, 4) is 0 Å². The molecule has 1 fully saturated rings. The van der Waals surface area contributed by atoms with Gasteiger partial charge in [0.15, 0.2) is 0 Å². The standard InChI is InChI=1S/C10H19NO2S/c1-8-7-9(5-6-13-8)11-14(12)10(2,3)4/h8H,5-7H2,1-4H3/b11-9-. The van der Waals surface area contributed by atoms with E-state index in [4.69, 9.17) is 4.74 Å². The first kappa shape index (κ1) is 12.0. The van der Waals surface area contributed by atoms with Crippen molar-refractivity contribution in [2.24, 2.45) is 4.40 Å². The zero-order chi connectivity index (χ0) is 10.8. The highest BCUT2D eigenvalue weighted by molar-refractivity contribution is 7.91. The van der Waals surface area contributed by atoms with E-state index in [0.29, 0.717) is 6.61 Å². The molecule has 0 N–H and O–H groups in total. The molecule has 0 aromatic carbocycles. The Morgan fingerprint density at radius 2 is 2.14 bits per heavy atom. The number of rotatable bonds is 1. The summed E-state index contributed by atoms with van der Waals surface area (Å²) in [7, 11) is 0. The van der Waals surface area contributed by atoms with Crippen LogP contribution in [0, 0.1) is 0 Å². The van der Waals surface area contributed by atoms with Crippen molar-refractivity contribution in [1.29, 1.82) is 0 Å².